The van der Waals surface area contributed by atoms with Crippen molar-refractivity contribution >= 4 is 11.8 Å². The molecule has 96 valence electrons. The van der Waals surface area contributed by atoms with E-state index in [0.29, 0.717) is 29.6 Å². The summed E-state index contributed by atoms with van der Waals surface area (Å²) in [6.07, 6.45) is 0. The molecule has 0 fully saturated rings. The van der Waals surface area contributed by atoms with Crippen LogP contribution in [0.3, 0.4) is 0 Å². The minimum Gasteiger partial charge on any atom is -0.329 e. The number of rotatable bonds is 5. The summed E-state index contributed by atoms with van der Waals surface area (Å²) in [5.41, 5.74) is 6.08. The summed E-state index contributed by atoms with van der Waals surface area (Å²) in [6.45, 7) is 0.955. The molecule has 2 N–H and O–H groups in total. The van der Waals surface area contributed by atoms with Crippen molar-refractivity contribution in [3.63, 3.8) is 0 Å². The van der Waals surface area contributed by atoms with Crippen LogP contribution in [0, 0.1) is 11.6 Å². The van der Waals surface area contributed by atoms with Gasteiger partial charge in [0.2, 0.25) is 5.16 Å². The Kier molecular flexibility index (Phi) is 4.21. The Hall–Kier alpha value is -1.54. The Morgan fingerprint density at radius 3 is 2.83 bits per heavy atom. The standard InChI is InChI=1S/C10H11F2N5S/c11-8-2-1-7(5-9(8)12)6-18-10-14-15-16-17(10)4-3-13/h1-2,5H,3-4,6,13H2. The van der Waals surface area contributed by atoms with E-state index in [4.69, 9.17) is 5.73 Å². The predicted octanol–water partition coefficient (Wildman–Crippen LogP) is 1.20. The molecule has 0 saturated carbocycles. The molecule has 2 rings (SSSR count). The highest BCUT2D eigenvalue weighted by atomic mass is 32.2. The molecule has 0 saturated heterocycles. The molecule has 1 aromatic heterocycles. The summed E-state index contributed by atoms with van der Waals surface area (Å²) in [5.74, 6) is -1.24. The first-order valence-electron chi connectivity index (χ1n) is 5.23. The number of aromatic nitrogens is 4. The van der Waals surface area contributed by atoms with E-state index in [2.05, 4.69) is 15.5 Å². The zero-order valence-corrected chi connectivity index (χ0v) is 10.2. The van der Waals surface area contributed by atoms with Crippen LogP contribution < -0.4 is 5.73 Å². The summed E-state index contributed by atoms with van der Waals surface area (Å²) in [6, 6.07) is 3.80. The van der Waals surface area contributed by atoms with Gasteiger partial charge < -0.3 is 5.73 Å². The highest BCUT2D eigenvalue weighted by Crippen LogP contribution is 2.20. The molecule has 0 spiro atoms. The summed E-state index contributed by atoms with van der Waals surface area (Å²) in [7, 11) is 0. The molecule has 5 nitrogen and oxygen atoms in total. The van der Waals surface area contributed by atoms with Gasteiger partial charge in [-0.3, -0.25) is 0 Å². The first-order valence-corrected chi connectivity index (χ1v) is 6.22. The third kappa shape index (κ3) is 3.02. The van der Waals surface area contributed by atoms with Gasteiger partial charge in [-0.05, 0) is 28.1 Å². The SMILES string of the molecule is NCCn1nnnc1SCc1ccc(F)c(F)c1. The molecule has 8 heteroatoms. The van der Waals surface area contributed by atoms with Gasteiger partial charge in [-0.2, -0.15) is 0 Å². The lowest BCUT2D eigenvalue weighted by Gasteiger charge is -2.03. The highest BCUT2D eigenvalue weighted by Gasteiger charge is 2.08. The zero-order chi connectivity index (χ0) is 13.0. The van der Waals surface area contributed by atoms with E-state index >= 15 is 0 Å². The minimum atomic E-state index is -0.852. The molecular weight excluding hydrogens is 260 g/mol. The Morgan fingerprint density at radius 2 is 2.11 bits per heavy atom. The summed E-state index contributed by atoms with van der Waals surface area (Å²) in [4.78, 5) is 0. The quantitative estimate of drug-likeness (QED) is 0.828. The van der Waals surface area contributed by atoms with E-state index in [1.165, 1.54) is 23.9 Å². The van der Waals surface area contributed by atoms with Crippen molar-refractivity contribution in [2.75, 3.05) is 6.54 Å². The average Bonchev–Trinajstić information content (AvgIpc) is 2.79. The van der Waals surface area contributed by atoms with Crippen LogP contribution in [0.15, 0.2) is 23.4 Å². The van der Waals surface area contributed by atoms with E-state index in [1.54, 1.807) is 4.68 Å². The summed E-state index contributed by atoms with van der Waals surface area (Å²) in [5, 5.41) is 11.7. The fourth-order valence-electron chi connectivity index (χ4n) is 1.34. The second-order valence-electron chi connectivity index (χ2n) is 3.51. The fraction of sp³-hybridized carbons (Fsp3) is 0.300. The van der Waals surface area contributed by atoms with Crippen LogP contribution in [0.25, 0.3) is 0 Å². The second kappa shape index (κ2) is 5.87. The maximum Gasteiger partial charge on any atom is 0.209 e. The van der Waals surface area contributed by atoms with Gasteiger partial charge in [0.05, 0.1) is 6.54 Å². The molecule has 1 heterocycles. The number of thioether (sulfide) groups is 1. The van der Waals surface area contributed by atoms with Crippen LogP contribution in [0.1, 0.15) is 5.56 Å². The van der Waals surface area contributed by atoms with Crippen molar-refractivity contribution < 1.29 is 8.78 Å². The number of hydrogen-bond acceptors (Lipinski definition) is 5. The largest absolute Gasteiger partial charge is 0.329 e. The van der Waals surface area contributed by atoms with Crippen molar-refractivity contribution in [1.82, 2.24) is 20.2 Å². The van der Waals surface area contributed by atoms with Gasteiger partial charge in [-0.15, -0.1) is 5.10 Å². The zero-order valence-electron chi connectivity index (χ0n) is 9.38. The van der Waals surface area contributed by atoms with E-state index in [9.17, 15) is 8.78 Å². The van der Waals surface area contributed by atoms with Gasteiger partial charge in [0.25, 0.3) is 0 Å². The monoisotopic (exact) mass is 271 g/mol. The smallest absolute Gasteiger partial charge is 0.209 e. The summed E-state index contributed by atoms with van der Waals surface area (Å²) < 4.78 is 27.3. The number of halogens is 2. The maximum atomic E-state index is 13.0. The van der Waals surface area contributed by atoms with Crippen molar-refractivity contribution in [1.29, 1.82) is 0 Å². The molecular formula is C10H11F2N5S. The molecule has 18 heavy (non-hydrogen) atoms. The van der Waals surface area contributed by atoms with E-state index in [1.807, 2.05) is 0 Å². The number of hydrogen-bond donors (Lipinski definition) is 1. The third-order valence-corrected chi connectivity index (χ3v) is 3.22. The lowest BCUT2D eigenvalue weighted by Crippen LogP contribution is -2.12. The van der Waals surface area contributed by atoms with E-state index < -0.39 is 11.6 Å². The molecule has 0 bridgehead atoms. The van der Waals surface area contributed by atoms with Crippen LogP contribution in [0.2, 0.25) is 0 Å². The number of nitrogens with zero attached hydrogens (tertiary/aromatic N) is 4. The molecule has 2 aromatic rings. The van der Waals surface area contributed by atoms with Crippen LogP contribution in [-0.4, -0.2) is 26.8 Å². The summed E-state index contributed by atoms with van der Waals surface area (Å²) >= 11 is 1.34. The van der Waals surface area contributed by atoms with Crippen LogP contribution >= 0.6 is 11.8 Å². The van der Waals surface area contributed by atoms with Gasteiger partial charge in [0.1, 0.15) is 0 Å². The second-order valence-corrected chi connectivity index (χ2v) is 4.45. The fourth-order valence-corrected chi connectivity index (χ4v) is 2.19. The van der Waals surface area contributed by atoms with Crippen LogP contribution in [0.4, 0.5) is 8.78 Å². The van der Waals surface area contributed by atoms with E-state index in [0.717, 1.165) is 6.07 Å². The van der Waals surface area contributed by atoms with Crippen molar-refractivity contribution in [2.45, 2.75) is 17.5 Å². The molecule has 0 aliphatic rings. The first kappa shape index (κ1) is 12.9. The van der Waals surface area contributed by atoms with Gasteiger partial charge in [-0.1, -0.05) is 17.8 Å². The molecule has 0 unspecified atom stereocenters. The number of nitrogens with two attached hydrogens (primary N) is 1. The van der Waals surface area contributed by atoms with Crippen molar-refractivity contribution in [3.8, 4) is 0 Å². The van der Waals surface area contributed by atoms with Gasteiger partial charge in [0, 0.05) is 12.3 Å². The third-order valence-electron chi connectivity index (χ3n) is 2.19. The predicted molar refractivity (Wildman–Crippen MR) is 62.8 cm³/mol. The minimum absolute atomic E-state index is 0.434. The first-order chi connectivity index (χ1) is 8.70. The number of tetrazole rings is 1. The van der Waals surface area contributed by atoms with Crippen molar-refractivity contribution in [2.24, 2.45) is 5.73 Å². The average molecular weight is 271 g/mol. The molecule has 0 radical (unpaired) electrons. The maximum absolute atomic E-state index is 13.0. The number of benzene rings is 1. The normalized spacial score (nSPS) is 10.8. The Morgan fingerprint density at radius 1 is 1.28 bits per heavy atom. The molecule has 0 aliphatic heterocycles. The lowest BCUT2D eigenvalue weighted by molar-refractivity contribution is 0.507. The van der Waals surface area contributed by atoms with Gasteiger partial charge in [-0.25, -0.2) is 13.5 Å². The Balaban J connectivity index is 2.02. The molecule has 0 aliphatic carbocycles. The molecule has 1 aromatic carbocycles. The Labute approximate surface area is 106 Å². The topological polar surface area (TPSA) is 69.6 Å². The van der Waals surface area contributed by atoms with Crippen LogP contribution in [-0.2, 0) is 12.3 Å². The van der Waals surface area contributed by atoms with Gasteiger partial charge in [0.15, 0.2) is 11.6 Å². The molecule has 0 atom stereocenters. The van der Waals surface area contributed by atoms with Crippen LogP contribution in [0.5, 0.6) is 0 Å². The highest BCUT2D eigenvalue weighted by molar-refractivity contribution is 7.98. The molecule has 0 amide bonds. The Bertz CT molecular complexity index is 531. The lowest BCUT2D eigenvalue weighted by atomic mass is 10.2. The van der Waals surface area contributed by atoms with E-state index in [-0.39, 0.29) is 0 Å². The van der Waals surface area contributed by atoms with Gasteiger partial charge >= 0.3 is 0 Å². The van der Waals surface area contributed by atoms with Crippen molar-refractivity contribution in [3.05, 3.63) is 35.4 Å².